The van der Waals surface area contributed by atoms with Crippen LogP contribution in [-0.4, -0.2) is 12.0 Å². The summed E-state index contributed by atoms with van der Waals surface area (Å²) in [5, 5.41) is 0.640. The molecular formula is C10H4BrF3OS. The Morgan fingerprint density at radius 2 is 1.94 bits per heavy atom. The molecule has 0 fully saturated rings. The number of Topliss-reactive ketones (excluding diaryl/α,β-unsaturated/α-hetero) is 1. The zero-order chi connectivity index (χ0) is 11.9. The smallest absolute Gasteiger partial charge is 0.283 e. The van der Waals surface area contributed by atoms with E-state index in [4.69, 9.17) is 0 Å². The van der Waals surface area contributed by atoms with E-state index in [2.05, 4.69) is 15.9 Å². The van der Waals surface area contributed by atoms with Crippen LogP contribution < -0.4 is 0 Å². The van der Waals surface area contributed by atoms with Crippen molar-refractivity contribution >= 4 is 43.1 Å². The molecule has 0 aliphatic carbocycles. The summed E-state index contributed by atoms with van der Waals surface area (Å²) >= 11 is 4.06. The number of halogens is 4. The summed E-state index contributed by atoms with van der Waals surface area (Å²) in [4.78, 5) is 10.7. The standard InChI is InChI=1S/C10H4BrF3OS/c11-6-2-1-5-3-8(16-7(5)4-6)9(15)10(12,13)14/h1-4H. The molecule has 0 atom stereocenters. The Labute approximate surface area is 101 Å². The van der Waals surface area contributed by atoms with Crippen LogP contribution in [0.25, 0.3) is 10.1 Å². The molecule has 1 aromatic carbocycles. The molecule has 0 spiro atoms. The van der Waals surface area contributed by atoms with Gasteiger partial charge in [0, 0.05) is 9.17 Å². The number of alkyl halides is 3. The number of ketones is 1. The highest BCUT2D eigenvalue weighted by Crippen LogP contribution is 2.32. The van der Waals surface area contributed by atoms with Crippen LogP contribution in [0.4, 0.5) is 13.2 Å². The third kappa shape index (κ3) is 2.12. The van der Waals surface area contributed by atoms with Crippen molar-refractivity contribution in [3.8, 4) is 0 Å². The largest absolute Gasteiger partial charge is 0.455 e. The van der Waals surface area contributed by atoms with Gasteiger partial charge in [0.15, 0.2) is 0 Å². The quantitative estimate of drug-likeness (QED) is 0.713. The SMILES string of the molecule is O=C(c1cc2ccc(Br)cc2s1)C(F)(F)F. The second-order valence-corrected chi connectivity index (χ2v) is 5.12. The highest BCUT2D eigenvalue weighted by molar-refractivity contribution is 9.10. The average Bonchev–Trinajstić information content (AvgIpc) is 2.57. The number of rotatable bonds is 1. The van der Waals surface area contributed by atoms with Crippen molar-refractivity contribution in [2.75, 3.05) is 0 Å². The Balaban J connectivity index is 2.52. The minimum atomic E-state index is -4.81. The van der Waals surface area contributed by atoms with Gasteiger partial charge in [0.1, 0.15) is 0 Å². The number of fused-ring (bicyclic) bond motifs is 1. The van der Waals surface area contributed by atoms with Crippen LogP contribution in [0.15, 0.2) is 28.7 Å². The van der Waals surface area contributed by atoms with Gasteiger partial charge >= 0.3 is 6.18 Å². The summed E-state index contributed by atoms with van der Waals surface area (Å²) in [7, 11) is 0. The minimum Gasteiger partial charge on any atom is -0.283 e. The molecule has 1 aromatic heterocycles. The van der Waals surface area contributed by atoms with E-state index >= 15 is 0 Å². The molecule has 0 aliphatic rings. The fourth-order valence-corrected chi connectivity index (χ4v) is 2.83. The average molecular weight is 309 g/mol. The molecule has 0 unspecified atom stereocenters. The highest BCUT2D eigenvalue weighted by atomic mass is 79.9. The fourth-order valence-electron chi connectivity index (χ4n) is 1.26. The maximum atomic E-state index is 12.2. The molecule has 0 amide bonds. The van der Waals surface area contributed by atoms with Gasteiger partial charge in [0.2, 0.25) is 0 Å². The molecular weight excluding hydrogens is 305 g/mol. The predicted octanol–water partition coefficient (Wildman–Crippen LogP) is 4.41. The topological polar surface area (TPSA) is 17.1 Å². The Morgan fingerprint density at radius 1 is 1.25 bits per heavy atom. The van der Waals surface area contributed by atoms with Crippen molar-refractivity contribution in [3.05, 3.63) is 33.6 Å². The summed E-state index contributed by atoms with van der Waals surface area (Å²) in [6, 6.07) is 6.34. The van der Waals surface area contributed by atoms with Crippen LogP contribution in [0.2, 0.25) is 0 Å². The molecule has 0 bridgehead atoms. The molecule has 0 N–H and O–H groups in total. The summed E-state index contributed by atoms with van der Waals surface area (Å²) in [5.41, 5.74) is 0. The fraction of sp³-hybridized carbons (Fsp3) is 0.100. The van der Waals surface area contributed by atoms with Gasteiger partial charge in [0.05, 0.1) is 4.88 Å². The molecule has 1 nitrogen and oxygen atoms in total. The molecule has 0 aliphatic heterocycles. The highest BCUT2D eigenvalue weighted by Gasteiger charge is 2.40. The van der Waals surface area contributed by atoms with E-state index in [1.807, 2.05) is 0 Å². The van der Waals surface area contributed by atoms with Crippen LogP contribution in [-0.2, 0) is 0 Å². The van der Waals surface area contributed by atoms with Gasteiger partial charge in [-0.1, -0.05) is 22.0 Å². The van der Waals surface area contributed by atoms with Gasteiger partial charge in [-0.3, -0.25) is 4.79 Å². The van der Waals surface area contributed by atoms with Crippen LogP contribution in [0.1, 0.15) is 9.67 Å². The van der Waals surface area contributed by atoms with E-state index < -0.39 is 12.0 Å². The molecule has 1 heterocycles. The van der Waals surface area contributed by atoms with Gasteiger partial charge in [0.25, 0.3) is 5.78 Å². The number of hydrogen-bond acceptors (Lipinski definition) is 2. The first kappa shape index (κ1) is 11.6. The summed E-state index contributed by atoms with van der Waals surface area (Å²) in [5.74, 6) is -1.79. The Kier molecular flexibility index (Phi) is 2.79. The lowest BCUT2D eigenvalue weighted by atomic mass is 10.2. The molecule has 2 aromatic rings. The number of hydrogen-bond donors (Lipinski definition) is 0. The Bertz CT molecular complexity index is 559. The predicted molar refractivity (Wildman–Crippen MR) is 59.9 cm³/mol. The normalized spacial score (nSPS) is 12.0. The van der Waals surface area contributed by atoms with E-state index in [0.717, 1.165) is 15.8 Å². The number of thiophene rings is 1. The lowest BCUT2D eigenvalue weighted by Crippen LogP contribution is -2.21. The van der Waals surface area contributed by atoms with Gasteiger partial charge < -0.3 is 0 Å². The third-order valence-electron chi connectivity index (χ3n) is 1.96. The van der Waals surface area contributed by atoms with Crippen molar-refractivity contribution in [2.24, 2.45) is 0 Å². The van der Waals surface area contributed by atoms with Crippen molar-refractivity contribution < 1.29 is 18.0 Å². The molecule has 2 rings (SSSR count). The first-order valence-electron chi connectivity index (χ1n) is 4.18. The zero-order valence-corrected chi connectivity index (χ0v) is 10.0. The van der Waals surface area contributed by atoms with Crippen molar-refractivity contribution in [1.29, 1.82) is 0 Å². The maximum Gasteiger partial charge on any atom is 0.455 e. The van der Waals surface area contributed by atoms with E-state index in [9.17, 15) is 18.0 Å². The molecule has 6 heteroatoms. The maximum absolute atomic E-state index is 12.2. The first-order valence-corrected chi connectivity index (χ1v) is 5.79. The monoisotopic (exact) mass is 308 g/mol. The number of carbonyl (C=O) groups excluding carboxylic acids is 1. The third-order valence-corrected chi connectivity index (χ3v) is 3.55. The summed E-state index contributed by atoms with van der Waals surface area (Å²) in [6.45, 7) is 0. The zero-order valence-electron chi connectivity index (χ0n) is 7.64. The van der Waals surface area contributed by atoms with Crippen molar-refractivity contribution in [1.82, 2.24) is 0 Å². The molecule has 84 valence electrons. The number of carbonyl (C=O) groups is 1. The summed E-state index contributed by atoms with van der Waals surface area (Å²) < 4.78 is 38.0. The first-order chi connectivity index (χ1) is 7.38. The second kappa shape index (κ2) is 3.85. The molecule has 0 saturated heterocycles. The Morgan fingerprint density at radius 3 is 2.56 bits per heavy atom. The van der Waals surface area contributed by atoms with Crippen LogP contribution in [0, 0.1) is 0 Å². The molecule has 0 saturated carbocycles. The van der Waals surface area contributed by atoms with E-state index in [1.165, 1.54) is 6.07 Å². The minimum absolute atomic E-state index is 0.277. The van der Waals surface area contributed by atoms with E-state index in [-0.39, 0.29) is 4.88 Å². The van der Waals surface area contributed by atoms with E-state index in [0.29, 0.717) is 10.1 Å². The Hall–Kier alpha value is -0.880. The lowest BCUT2D eigenvalue weighted by Gasteiger charge is -2.00. The van der Waals surface area contributed by atoms with Crippen LogP contribution in [0.5, 0.6) is 0 Å². The molecule has 0 radical (unpaired) electrons. The van der Waals surface area contributed by atoms with Gasteiger partial charge in [-0.05, 0) is 23.6 Å². The molecule has 16 heavy (non-hydrogen) atoms. The van der Waals surface area contributed by atoms with Gasteiger partial charge in [-0.15, -0.1) is 11.3 Å². The van der Waals surface area contributed by atoms with Crippen LogP contribution in [0.3, 0.4) is 0 Å². The van der Waals surface area contributed by atoms with Gasteiger partial charge in [-0.2, -0.15) is 13.2 Å². The van der Waals surface area contributed by atoms with Gasteiger partial charge in [-0.25, -0.2) is 0 Å². The van der Waals surface area contributed by atoms with Crippen molar-refractivity contribution in [3.63, 3.8) is 0 Å². The lowest BCUT2D eigenvalue weighted by molar-refractivity contribution is -0.0882. The van der Waals surface area contributed by atoms with Crippen LogP contribution >= 0.6 is 27.3 Å². The van der Waals surface area contributed by atoms with Crippen molar-refractivity contribution in [2.45, 2.75) is 6.18 Å². The number of benzene rings is 1. The second-order valence-electron chi connectivity index (χ2n) is 3.12. The van der Waals surface area contributed by atoms with E-state index in [1.54, 1.807) is 18.2 Å². The summed E-state index contributed by atoms with van der Waals surface area (Å²) in [6.07, 6.45) is -4.81.